The van der Waals surface area contributed by atoms with Gasteiger partial charge in [0.25, 0.3) is 0 Å². The highest BCUT2D eigenvalue weighted by molar-refractivity contribution is 8.00. The molecule has 0 atom stereocenters. The summed E-state index contributed by atoms with van der Waals surface area (Å²) in [5, 5.41) is 10.2. The van der Waals surface area contributed by atoms with Gasteiger partial charge in [0, 0.05) is 19.3 Å². The number of halogens is 1. The monoisotopic (exact) mass is 358 g/mol. The molecule has 1 aliphatic heterocycles. The molecule has 1 saturated heterocycles. The van der Waals surface area contributed by atoms with Crippen molar-refractivity contribution < 1.29 is 19.4 Å². The molecule has 23 heavy (non-hydrogen) atoms. The number of thioether (sulfide) groups is 1. The van der Waals surface area contributed by atoms with E-state index in [0.29, 0.717) is 10.0 Å². The molecule has 1 aliphatic rings. The highest BCUT2D eigenvalue weighted by atomic mass is 35.5. The topological polar surface area (TPSA) is 79.7 Å². The van der Waals surface area contributed by atoms with Gasteiger partial charge in [0.05, 0.1) is 16.2 Å². The first-order valence-electron chi connectivity index (χ1n) is 7.09. The van der Waals surface area contributed by atoms with Gasteiger partial charge in [-0.25, -0.2) is 9.78 Å². The number of carbonyl (C=O) groups excluding carboxylic acids is 1. The van der Waals surface area contributed by atoms with E-state index in [1.807, 2.05) is 0 Å². The molecule has 1 aromatic heterocycles. The lowest BCUT2D eigenvalue weighted by atomic mass is 9.95. The van der Waals surface area contributed by atoms with E-state index in [1.165, 1.54) is 16.7 Å². The van der Waals surface area contributed by atoms with Crippen LogP contribution in [0.2, 0.25) is 5.02 Å². The molecule has 1 fully saturated rings. The second-order valence-electron chi connectivity index (χ2n) is 6.48. The first-order valence-corrected chi connectivity index (χ1v) is 8.29. The molecule has 0 unspecified atom stereocenters. The summed E-state index contributed by atoms with van der Waals surface area (Å²) in [6.45, 7) is 5.93. The number of pyridine rings is 1. The van der Waals surface area contributed by atoms with Gasteiger partial charge in [-0.3, -0.25) is 4.79 Å². The van der Waals surface area contributed by atoms with Crippen molar-refractivity contribution in [3.8, 4) is 0 Å². The number of hydrogen-bond donors (Lipinski definition) is 1. The summed E-state index contributed by atoms with van der Waals surface area (Å²) in [4.78, 5) is 28.9. The van der Waals surface area contributed by atoms with Gasteiger partial charge in [0.15, 0.2) is 0 Å². The van der Waals surface area contributed by atoms with E-state index in [-0.39, 0.29) is 19.5 Å². The Kier molecular flexibility index (Phi) is 5.10. The van der Waals surface area contributed by atoms with Crippen molar-refractivity contribution in [3.05, 3.63) is 23.4 Å². The van der Waals surface area contributed by atoms with Crippen LogP contribution in [0.3, 0.4) is 0 Å². The first-order chi connectivity index (χ1) is 10.6. The van der Waals surface area contributed by atoms with Gasteiger partial charge in [0.1, 0.15) is 10.6 Å². The lowest BCUT2D eigenvalue weighted by Gasteiger charge is -2.48. The van der Waals surface area contributed by atoms with Crippen LogP contribution < -0.4 is 0 Å². The summed E-state index contributed by atoms with van der Waals surface area (Å²) in [5.41, 5.74) is -0.584. The second-order valence-corrected chi connectivity index (χ2v) is 8.35. The predicted molar refractivity (Wildman–Crippen MR) is 87.9 cm³/mol. The minimum absolute atomic E-state index is 0.0795. The zero-order chi connectivity index (χ0) is 17.3. The fraction of sp³-hybridized carbons (Fsp3) is 0.533. The van der Waals surface area contributed by atoms with Crippen LogP contribution >= 0.6 is 23.4 Å². The number of carbonyl (C=O) groups is 2. The number of hydrogen-bond acceptors (Lipinski definition) is 5. The van der Waals surface area contributed by atoms with Crippen LogP contribution in [0.25, 0.3) is 0 Å². The van der Waals surface area contributed by atoms with Crippen molar-refractivity contribution in [2.75, 3.05) is 13.1 Å². The van der Waals surface area contributed by atoms with E-state index in [2.05, 4.69) is 4.98 Å². The van der Waals surface area contributed by atoms with Gasteiger partial charge in [-0.05, 0) is 32.9 Å². The van der Waals surface area contributed by atoms with Crippen LogP contribution in [-0.2, 0) is 9.53 Å². The number of ether oxygens (including phenoxy) is 1. The van der Waals surface area contributed by atoms with Gasteiger partial charge in [0.2, 0.25) is 0 Å². The van der Waals surface area contributed by atoms with Gasteiger partial charge >= 0.3 is 12.1 Å². The van der Waals surface area contributed by atoms with Crippen molar-refractivity contribution in [2.24, 2.45) is 0 Å². The molecule has 0 aromatic carbocycles. The maximum absolute atomic E-state index is 12.0. The molecule has 1 amide bonds. The van der Waals surface area contributed by atoms with Gasteiger partial charge < -0.3 is 14.7 Å². The number of carboxylic acids is 1. The van der Waals surface area contributed by atoms with Gasteiger partial charge in [-0.2, -0.15) is 0 Å². The van der Waals surface area contributed by atoms with Gasteiger partial charge in [-0.1, -0.05) is 23.4 Å². The van der Waals surface area contributed by atoms with Crippen LogP contribution in [0.15, 0.2) is 23.4 Å². The molecule has 0 saturated carbocycles. The van der Waals surface area contributed by atoms with E-state index < -0.39 is 22.4 Å². The number of rotatable bonds is 4. The molecule has 2 rings (SSSR count). The van der Waals surface area contributed by atoms with Crippen LogP contribution in [0.5, 0.6) is 0 Å². The molecule has 8 heteroatoms. The molecule has 126 valence electrons. The fourth-order valence-electron chi connectivity index (χ4n) is 2.24. The first kappa shape index (κ1) is 17.9. The lowest BCUT2D eigenvalue weighted by Crippen LogP contribution is -2.62. The van der Waals surface area contributed by atoms with E-state index in [0.717, 1.165) is 0 Å². The molecule has 1 N–H and O–H groups in total. The Hall–Kier alpha value is -1.47. The Morgan fingerprint density at radius 1 is 1.48 bits per heavy atom. The maximum Gasteiger partial charge on any atom is 0.410 e. The second kappa shape index (κ2) is 6.57. The lowest BCUT2D eigenvalue weighted by molar-refractivity contribution is -0.138. The fourth-order valence-corrected chi connectivity index (χ4v) is 3.81. The number of likely N-dealkylation sites (tertiary alicyclic amines) is 1. The Morgan fingerprint density at radius 2 is 2.13 bits per heavy atom. The molecular formula is C15H19ClN2O4S. The van der Waals surface area contributed by atoms with Crippen molar-refractivity contribution in [1.29, 1.82) is 0 Å². The van der Waals surface area contributed by atoms with Crippen LogP contribution in [0.1, 0.15) is 27.2 Å². The number of aromatic nitrogens is 1. The summed E-state index contributed by atoms with van der Waals surface area (Å²) < 4.78 is 4.66. The zero-order valence-electron chi connectivity index (χ0n) is 13.2. The number of amides is 1. The predicted octanol–water partition coefficient (Wildman–Crippen LogP) is 3.29. The van der Waals surface area contributed by atoms with E-state index in [9.17, 15) is 14.7 Å². The zero-order valence-corrected chi connectivity index (χ0v) is 14.8. The number of aliphatic carboxylic acids is 1. The number of carboxylic acid groups (broad SMARTS) is 1. The van der Waals surface area contributed by atoms with Crippen molar-refractivity contribution >= 4 is 35.4 Å². The molecule has 6 nitrogen and oxygen atoms in total. The molecule has 0 aliphatic carbocycles. The average Bonchev–Trinajstić information content (AvgIpc) is 2.35. The largest absolute Gasteiger partial charge is 0.481 e. The molecule has 1 aromatic rings. The van der Waals surface area contributed by atoms with Crippen molar-refractivity contribution in [1.82, 2.24) is 9.88 Å². The Bertz CT molecular complexity index is 612. The van der Waals surface area contributed by atoms with Crippen LogP contribution in [0.4, 0.5) is 4.79 Å². The van der Waals surface area contributed by atoms with Crippen molar-refractivity contribution in [2.45, 2.75) is 42.6 Å². The number of nitrogens with zero attached hydrogens (tertiary/aromatic N) is 2. The summed E-state index contributed by atoms with van der Waals surface area (Å²) in [7, 11) is 0. The SMILES string of the molecule is CC(C)(C)OC(=O)N1CC(CC(=O)O)(Sc2ncccc2Cl)C1. The molecular weight excluding hydrogens is 340 g/mol. The maximum atomic E-state index is 12.0. The standard InChI is InChI=1S/C15H19ClN2O4S/c1-14(2,3)22-13(21)18-8-15(9-18,7-11(19)20)23-12-10(16)5-4-6-17-12/h4-6H,7-9H2,1-3H3,(H,19,20). The highest BCUT2D eigenvalue weighted by Gasteiger charge is 2.49. The van der Waals surface area contributed by atoms with Crippen LogP contribution in [-0.4, -0.2) is 50.5 Å². The Morgan fingerprint density at radius 3 is 2.65 bits per heavy atom. The molecule has 2 heterocycles. The minimum atomic E-state index is -0.923. The summed E-state index contributed by atoms with van der Waals surface area (Å²) in [6.07, 6.45) is 1.09. The third-order valence-electron chi connectivity index (χ3n) is 3.12. The highest BCUT2D eigenvalue weighted by Crippen LogP contribution is 2.44. The minimum Gasteiger partial charge on any atom is -0.481 e. The summed E-state index contributed by atoms with van der Waals surface area (Å²) in [5.74, 6) is -0.923. The van der Waals surface area contributed by atoms with Crippen molar-refractivity contribution in [3.63, 3.8) is 0 Å². The summed E-state index contributed by atoms with van der Waals surface area (Å²) >= 11 is 7.40. The van der Waals surface area contributed by atoms with Crippen LogP contribution in [0, 0.1) is 0 Å². The van der Waals surface area contributed by atoms with E-state index in [1.54, 1.807) is 39.1 Å². The summed E-state index contributed by atoms with van der Waals surface area (Å²) in [6, 6.07) is 3.42. The molecule has 0 spiro atoms. The molecule has 0 bridgehead atoms. The van der Waals surface area contributed by atoms with Gasteiger partial charge in [-0.15, -0.1) is 0 Å². The third-order valence-corrected chi connectivity index (χ3v) is 4.89. The molecule has 0 radical (unpaired) electrons. The normalized spacial score (nSPS) is 16.6. The average molecular weight is 359 g/mol. The smallest absolute Gasteiger partial charge is 0.410 e. The third kappa shape index (κ3) is 4.75. The van der Waals surface area contributed by atoms with E-state index >= 15 is 0 Å². The van der Waals surface area contributed by atoms with E-state index in [4.69, 9.17) is 16.3 Å². The Labute approximate surface area is 144 Å². The quantitative estimate of drug-likeness (QED) is 0.889. The Balaban J connectivity index is 2.08.